The molecule has 3 rings (SSSR count). The minimum atomic E-state index is -1.46. The third kappa shape index (κ3) is 4.36. The van der Waals surface area contributed by atoms with Gasteiger partial charge in [0.25, 0.3) is 11.8 Å². The fourth-order valence-electron chi connectivity index (χ4n) is 2.84. The second-order valence-electron chi connectivity index (χ2n) is 5.85. The number of benzene rings is 2. The molecule has 0 aliphatic carbocycles. The zero-order chi connectivity index (χ0) is 22.5. The Morgan fingerprint density at radius 3 is 1.80 bits per heavy atom. The van der Waals surface area contributed by atoms with E-state index in [4.69, 9.17) is 9.84 Å². The average molecular weight is 864 g/mol. The number of carboxylic acid groups (broad SMARTS) is 1. The van der Waals surface area contributed by atoms with E-state index >= 15 is 0 Å². The highest BCUT2D eigenvalue weighted by Crippen LogP contribution is 2.46. The van der Waals surface area contributed by atoms with Crippen LogP contribution in [0.1, 0.15) is 26.3 Å². The summed E-state index contributed by atoms with van der Waals surface area (Å²) in [6.45, 7) is 0.0752. The molecule has 2 aromatic rings. The van der Waals surface area contributed by atoms with Crippen molar-refractivity contribution in [2.45, 2.75) is 6.42 Å². The lowest BCUT2D eigenvalue weighted by Crippen LogP contribution is -2.32. The molecular formula is C17H6Br7NO5. The van der Waals surface area contributed by atoms with Gasteiger partial charge < -0.3 is 9.84 Å². The molecule has 0 unspecified atom stereocenters. The van der Waals surface area contributed by atoms with E-state index in [1.54, 1.807) is 6.07 Å². The average Bonchev–Trinajstić information content (AvgIpc) is 2.92. The van der Waals surface area contributed by atoms with Gasteiger partial charge in [-0.05, 0) is 114 Å². The van der Waals surface area contributed by atoms with Crippen LogP contribution < -0.4 is 4.74 Å². The summed E-state index contributed by atoms with van der Waals surface area (Å²) >= 11 is 23.6. The Morgan fingerprint density at radius 1 is 0.833 bits per heavy atom. The molecule has 0 spiro atoms. The Morgan fingerprint density at radius 2 is 1.33 bits per heavy atom. The molecule has 0 radical (unpaired) electrons. The molecule has 0 saturated heterocycles. The molecule has 2 amide bonds. The molecule has 1 N–H and O–H groups in total. The molecule has 1 aliphatic heterocycles. The number of amides is 2. The number of carbonyl (C=O) groups is 3. The fraction of sp³-hybridized carbons (Fsp3) is 0.118. The van der Waals surface area contributed by atoms with Crippen LogP contribution in [0.25, 0.3) is 0 Å². The first kappa shape index (κ1) is 24.8. The third-order valence-electron chi connectivity index (χ3n) is 4.18. The Balaban J connectivity index is 1.95. The highest BCUT2D eigenvalue weighted by Gasteiger charge is 2.40. The Kier molecular flexibility index (Phi) is 7.95. The molecule has 0 saturated carbocycles. The first-order chi connectivity index (χ1) is 14.0. The van der Waals surface area contributed by atoms with Gasteiger partial charge in [0.15, 0.2) is 5.75 Å². The zero-order valence-electron chi connectivity index (χ0n) is 14.2. The fourth-order valence-corrected chi connectivity index (χ4v) is 7.98. The van der Waals surface area contributed by atoms with Gasteiger partial charge in [0.1, 0.15) is 0 Å². The maximum absolute atomic E-state index is 13.0. The molecule has 2 aromatic carbocycles. The van der Waals surface area contributed by atoms with Gasteiger partial charge in [-0.15, -0.1) is 0 Å². The lowest BCUT2D eigenvalue weighted by atomic mass is 10.1. The van der Waals surface area contributed by atoms with E-state index < -0.39 is 18.0 Å². The molecule has 0 bridgehead atoms. The summed E-state index contributed by atoms with van der Waals surface area (Å²) in [6.07, 6.45) is -1.20. The summed E-state index contributed by atoms with van der Waals surface area (Å²) in [5.41, 5.74) is 1.18. The van der Waals surface area contributed by atoms with Crippen molar-refractivity contribution >= 4 is 129 Å². The minimum Gasteiger partial charge on any atom is -0.449 e. The molecule has 30 heavy (non-hydrogen) atoms. The highest BCUT2D eigenvalue weighted by atomic mass is 79.9. The first-order valence-electron chi connectivity index (χ1n) is 7.76. The monoisotopic (exact) mass is 856 g/mol. The molecule has 0 aromatic heterocycles. The van der Waals surface area contributed by atoms with Crippen LogP contribution in [0, 0.1) is 0 Å². The Hall–Kier alpha value is 0.210. The van der Waals surface area contributed by atoms with Crippen molar-refractivity contribution in [1.29, 1.82) is 0 Å². The summed E-state index contributed by atoms with van der Waals surface area (Å²) in [4.78, 5) is 38.1. The van der Waals surface area contributed by atoms with Crippen molar-refractivity contribution in [3.63, 3.8) is 0 Å². The minimum absolute atomic E-state index is 0.0752. The van der Waals surface area contributed by atoms with Crippen molar-refractivity contribution in [3.05, 3.63) is 54.1 Å². The summed E-state index contributed by atoms with van der Waals surface area (Å²) in [7, 11) is 0. The van der Waals surface area contributed by atoms with Crippen LogP contribution in [0.15, 0.2) is 37.4 Å². The predicted octanol–water partition coefficient (Wildman–Crippen LogP) is 7.92. The standard InChI is InChI=1S/C17H6Br7NO5/c18-5-3-6(19)14(30-17(28)29)9(20)4(5)1-2-25-15(26)7-8(16(25)27)11(22)13(24)12(23)10(7)21/h3H,1-2H2,(H,28,29). The van der Waals surface area contributed by atoms with E-state index in [1.807, 2.05) is 0 Å². The van der Waals surface area contributed by atoms with E-state index in [0.29, 0.717) is 36.9 Å². The van der Waals surface area contributed by atoms with E-state index in [0.717, 1.165) is 4.90 Å². The molecule has 13 heteroatoms. The number of ether oxygens (including phenoxy) is 1. The lowest BCUT2D eigenvalue weighted by Gasteiger charge is -2.17. The number of carbonyl (C=O) groups excluding carboxylic acids is 2. The zero-order valence-corrected chi connectivity index (χ0v) is 25.3. The number of nitrogens with zero attached hydrogens (tertiary/aromatic N) is 1. The molecule has 0 fully saturated rings. The van der Waals surface area contributed by atoms with Crippen LogP contribution in [0.2, 0.25) is 0 Å². The number of rotatable bonds is 4. The van der Waals surface area contributed by atoms with E-state index in [-0.39, 0.29) is 29.8 Å². The smallest absolute Gasteiger partial charge is 0.449 e. The van der Waals surface area contributed by atoms with Gasteiger partial charge in [0.2, 0.25) is 0 Å². The Bertz CT molecular complexity index is 1090. The van der Waals surface area contributed by atoms with Gasteiger partial charge in [-0.2, -0.15) is 0 Å². The summed E-state index contributed by atoms with van der Waals surface area (Å²) in [6, 6.07) is 1.64. The van der Waals surface area contributed by atoms with Crippen LogP contribution in [-0.4, -0.2) is 34.5 Å². The molecule has 1 aliphatic rings. The third-order valence-corrected chi connectivity index (χ3v) is 11.1. The number of fused-ring (bicyclic) bond motifs is 1. The summed E-state index contributed by atoms with van der Waals surface area (Å²) in [5.74, 6) is -0.773. The summed E-state index contributed by atoms with van der Waals surface area (Å²) in [5, 5.41) is 8.96. The molecule has 1 heterocycles. The van der Waals surface area contributed by atoms with Crippen LogP contribution in [0.4, 0.5) is 4.79 Å². The van der Waals surface area contributed by atoms with E-state index in [1.165, 1.54) is 0 Å². The van der Waals surface area contributed by atoms with Crippen molar-refractivity contribution in [2.75, 3.05) is 6.54 Å². The van der Waals surface area contributed by atoms with Crippen molar-refractivity contribution in [3.8, 4) is 5.75 Å². The second kappa shape index (κ2) is 9.60. The van der Waals surface area contributed by atoms with Gasteiger partial charge in [0, 0.05) is 28.9 Å². The number of halogens is 7. The summed E-state index contributed by atoms with van der Waals surface area (Å²) < 4.78 is 8.50. The van der Waals surface area contributed by atoms with Gasteiger partial charge in [-0.25, -0.2) is 4.79 Å². The maximum atomic E-state index is 13.0. The number of imide groups is 1. The number of hydrogen-bond acceptors (Lipinski definition) is 4. The van der Waals surface area contributed by atoms with Crippen LogP contribution in [-0.2, 0) is 6.42 Å². The lowest BCUT2D eigenvalue weighted by molar-refractivity contribution is 0.0655. The highest BCUT2D eigenvalue weighted by molar-refractivity contribution is 9.15. The van der Waals surface area contributed by atoms with Crippen molar-refractivity contribution < 1.29 is 24.2 Å². The van der Waals surface area contributed by atoms with Crippen molar-refractivity contribution in [2.24, 2.45) is 0 Å². The predicted molar refractivity (Wildman–Crippen MR) is 135 cm³/mol. The Labute approximate surface area is 229 Å². The normalized spacial score (nSPS) is 13.1. The topological polar surface area (TPSA) is 83.9 Å². The maximum Gasteiger partial charge on any atom is 0.511 e. The molecular weight excluding hydrogens is 858 g/mol. The molecule has 6 nitrogen and oxygen atoms in total. The van der Waals surface area contributed by atoms with Crippen molar-refractivity contribution in [1.82, 2.24) is 4.90 Å². The van der Waals surface area contributed by atoms with E-state index in [2.05, 4.69) is 112 Å². The van der Waals surface area contributed by atoms with Gasteiger partial charge in [-0.1, -0.05) is 15.9 Å². The quantitative estimate of drug-likeness (QED) is 0.111. The van der Waals surface area contributed by atoms with Gasteiger partial charge >= 0.3 is 6.16 Å². The largest absolute Gasteiger partial charge is 0.511 e. The number of hydrogen-bond donors (Lipinski definition) is 1. The van der Waals surface area contributed by atoms with E-state index in [9.17, 15) is 14.4 Å². The van der Waals surface area contributed by atoms with Crippen LogP contribution in [0.5, 0.6) is 5.75 Å². The van der Waals surface area contributed by atoms with Gasteiger partial charge in [-0.3, -0.25) is 14.5 Å². The molecule has 0 atom stereocenters. The molecule has 158 valence electrons. The SMILES string of the molecule is O=C(O)Oc1c(Br)cc(Br)c(CCN2C(=O)c3c(Br)c(Br)c(Br)c(Br)c3C2=O)c1Br. The van der Waals surface area contributed by atoms with Crippen LogP contribution >= 0.6 is 112 Å². The first-order valence-corrected chi connectivity index (χ1v) is 13.3. The van der Waals surface area contributed by atoms with Crippen LogP contribution in [0.3, 0.4) is 0 Å². The second-order valence-corrected chi connectivity index (χ2v) is 11.5. The van der Waals surface area contributed by atoms with Gasteiger partial charge in [0.05, 0.1) is 20.1 Å².